The molecule has 0 saturated carbocycles. The van der Waals surface area contributed by atoms with Gasteiger partial charge < -0.3 is 4.74 Å². The van der Waals surface area contributed by atoms with E-state index in [9.17, 15) is 8.78 Å². The number of halogens is 3. The summed E-state index contributed by atoms with van der Waals surface area (Å²) in [4.78, 5) is 7.65. The summed E-state index contributed by atoms with van der Waals surface area (Å²) >= 11 is 1.98. The van der Waals surface area contributed by atoms with Gasteiger partial charge in [-0.2, -0.15) is 0 Å². The molecule has 2 aromatic rings. The lowest BCUT2D eigenvalue weighted by molar-refractivity contribution is 0.443. The molecule has 3 nitrogen and oxygen atoms in total. The van der Waals surface area contributed by atoms with Gasteiger partial charge in [-0.1, -0.05) is 0 Å². The van der Waals surface area contributed by atoms with Crippen LogP contribution in [0.25, 0.3) is 0 Å². The molecule has 0 amide bonds. The lowest BCUT2D eigenvalue weighted by atomic mass is 10.3. The van der Waals surface area contributed by atoms with Crippen LogP contribution in [0.5, 0.6) is 11.6 Å². The predicted molar refractivity (Wildman–Crippen MR) is 61.2 cm³/mol. The maximum Gasteiger partial charge on any atom is 0.235 e. The molecule has 1 aromatic heterocycles. The van der Waals surface area contributed by atoms with E-state index in [2.05, 4.69) is 9.97 Å². The normalized spacial score (nSPS) is 10.2. The highest BCUT2D eigenvalue weighted by Crippen LogP contribution is 2.24. The Bertz CT molecular complexity index is 522. The Labute approximate surface area is 104 Å². The van der Waals surface area contributed by atoms with Crippen LogP contribution in [0.2, 0.25) is 0 Å². The fourth-order valence-corrected chi connectivity index (χ4v) is 1.44. The van der Waals surface area contributed by atoms with Crippen LogP contribution >= 0.6 is 22.6 Å². The summed E-state index contributed by atoms with van der Waals surface area (Å²) in [6.45, 7) is 0. The van der Waals surface area contributed by atoms with Gasteiger partial charge in [0, 0.05) is 12.3 Å². The van der Waals surface area contributed by atoms with E-state index >= 15 is 0 Å². The average Bonchev–Trinajstić information content (AvgIpc) is 2.27. The maximum absolute atomic E-state index is 12.9. The summed E-state index contributed by atoms with van der Waals surface area (Å²) in [5, 5.41) is 0. The van der Waals surface area contributed by atoms with Gasteiger partial charge in [0.2, 0.25) is 5.88 Å². The molecule has 0 fully saturated rings. The molecule has 1 heterocycles. The van der Waals surface area contributed by atoms with Crippen LogP contribution in [-0.4, -0.2) is 9.97 Å². The van der Waals surface area contributed by atoms with Crippen LogP contribution in [-0.2, 0) is 0 Å². The van der Waals surface area contributed by atoms with Crippen LogP contribution in [0.1, 0.15) is 0 Å². The number of ether oxygens (including phenoxy) is 1. The molecule has 0 atom stereocenters. The summed E-state index contributed by atoms with van der Waals surface area (Å²) in [6.07, 6.45) is 2.88. The summed E-state index contributed by atoms with van der Waals surface area (Å²) in [5.74, 6) is -1.37. The zero-order valence-corrected chi connectivity index (χ0v) is 9.98. The van der Waals surface area contributed by atoms with Gasteiger partial charge >= 0.3 is 0 Å². The molecule has 0 aliphatic heterocycles. The monoisotopic (exact) mass is 334 g/mol. The number of benzene rings is 1. The number of hydrogen-bond acceptors (Lipinski definition) is 3. The fourth-order valence-electron chi connectivity index (χ4n) is 1.03. The summed E-state index contributed by atoms with van der Waals surface area (Å²) in [7, 11) is 0. The number of rotatable bonds is 2. The summed E-state index contributed by atoms with van der Waals surface area (Å²) < 4.78 is 31.5. The Hall–Kier alpha value is -1.31. The van der Waals surface area contributed by atoms with Gasteiger partial charge in [0.1, 0.15) is 12.1 Å². The van der Waals surface area contributed by atoms with Crippen molar-refractivity contribution in [1.29, 1.82) is 0 Å². The van der Waals surface area contributed by atoms with E-state index in [1.165, 1.54) is 12.4 Å². The molecular formula is C10H5F2IN2O. The minimum absolute atomic E-state index is 0.190. The zero-order valence-electron chi connectivity index (χ0n) is 7.82. The Morgan fingerprint density at radius 1 is 1.19 bits per heavy atom. The van der Waals surface area contributed by atoms with Crippen molar-refractivity contribution in [2.45, 2.75) is 0 Å². The lowest BCUT2D eigenvalue weighted by Gasteiger charge is -2.05. The van der Waals surface area contributed by atoms with Gasteiger partial charge in [-0.15, -0.1) is 0 Å². The van der Waals surface area contributed by atoms with Crippen LogP contribution in [0.15, 0.2) is 30.7 Å². The summed E-state index contributed by atoms with van der Waals surface area (Å²) in [6, 6.07) is 3.29. The molecular weight excluding hydrogens is 329 g/mol. The highest BCUT2D eigenvalue weighted by atomic mass is 127. The SMILES string of the molecule is Fc1ccc(Oc2ncncc2I)cc1F. The van der Waals surface area contributed by atoms with Gasteiger partial charge in [0.05, 0.1) is 3.57 Å². The van der Waals surface area contributed by atoms with Gasteiger partial charge in [-0.3, -0.25) is 0 Å². The van der Waals surface area contributed by atoms with E-state index < -0.39 is 11.6 Å². The molecule has 0 N–H and O–H groups in total. The van der Waals surface area contributed by atoms with Crippen molar-refractivity contribution < 1.29 is 13.5 Å². The van der Waals surface area contributed by atoms with E-state index in [0.29, 0.717) is 9.45 Å². The van der Waals surface area contributed by atoms with Gasteiger partial charge in [-0.25, -0.2) is 18.7 Å². The van der Waals surface area contributed by atoms with Crippen molar-refractivity contribution in [3.8, 4) is 11.6 Å². The van der Waals surface area contributed by atoms with Crippen molar-refractivity contribution in [2.24, 2.45) is 0 Å². The Balaban J connectivity index is 2.28. The topological polar surface area (TPSA) is 35.0 Å². The molecule has 2 rings (SSSR count). The predicted octanol–water partition coefficient (Wildman–Crippen LogP) is 3.15. The fraction of sp³-hybridized carbons (Fsp3) is 0. The second-order valence-corrected chi connectivity index (χ2v) is 4.02. The van der Waals surface area contributed by atoms with E-state index in [-0.39, 0.29) is 5.75 Å². The second-order valence-electron chi connectivity index (χ2n) is 2.85. The van der Waals surface area contributed by atoms with Crippen molar-refractivity contribution in [2.75, 3.05) is 0 Å². The van der Waals surface area contributed by atoms with Gasteiger partial charge in [0.25, 0.3) is 0 Å². The quantitative estimate of drug-likeness (QED) is 0.792. The molecule has 0 aliphatic rings. The highest BCUT2D eigenvalue weighted by Gasteiger charge is 2.07. The Morgan fingerprint density at radius 3 is 2.69 bits per heavy atom. The molecule has 0 radical (unpaired) electrons. The lowest BCUT2D eigenvalue weighted by Crippen LogP contribution is -1.93. The molecule has 0 bridgehead atoms. The largest absolute Gasteiger partial charge is 0.438 e. The van der Waals surface area contributed by atoms with Gasteiger partial charge in [0.15, 0.2) is 11.6 Å². The van der Waals surface area contributed by atoms with Gasteiger partial charge in [-0.05, 0) is 34.7 Å². The van der Waals surface area contributed by atoms with Crippen LogP contribution in [0.4, 0.5) is 8.78 Å². The zero-order chi connectivity index (χ0) is 11.5. The third-order valence-corrected chi connectivity index (χ3v) is 2.48. The number of hydrogen-bond donors (Lipinski definition) is 0. The van der Waals surface area contributed by atoms with Crippen molar-refractivity contribution in [3.63, 3.8) is 0 Å². The first-order chi connectivity index (χ1) is 7.66. The number of aromatic nitrogens is 2. The smallest absolute Gasteiger partial charge is 0.235 e. The van der Waals surface area contributed by atoms with Crippen LogP contribution in [0, 0.1) is 15.2 Å². The molecule has 1 aromatic carbocycles. The average molecular weight is 334 g/mol. The van der Waals surface area contributed by atoms with E-state index in [0.717, 1.165) is 12.1 Å². The van der Waals surface area contributed by atoms with E-state index in [4.69, 9.17) is 4.74 Å². The molecule has 6 heteroatoms. The van der Waals surface area contributed by atoms with E-state index in [1.807, 2.05) is 22.6 Å². The number of nitrogens with zero attached hydrogens (tertiary/aromatic N) is 2. The molecule has 0 unspecified atom stereocenters. The van der Waals surface area contributed by atoms with Crippen LogP contribution < -0.4 is 4.74 Å². The standard InChI is InChI=1S/C10H5F2IN2O/c11-7-2-1-6(3-8(7)12)16-10-9(13)4-14-5-15-10/h1-5H. The maximum atomic E-state index is 12.9. The highest BCUT2D eigenvalue weighted by molar-refractivity contribution is 14.1. The molecule has 0 aliphatic carbocycles. The van der Waals surface area contributed by atoms with E-state index in [1.54, 1.807) is 6.20 Å². The first-order valence-corrected chi connectivity index (χ1v) is 5.33. The third kappa shape index (κ3) is 2.43. The molecule has 16 heavy (non-hydrogen) atoms. The third-order valence-electron chi connectivity index (χ3n) is 1.74. The summed E-state index contributed by atoms with van der Waals surface area (Å²) in [5.41, 5.74) is 0. The van der Waals surface area contributed by atoms with Crippen molar-refractivity contribution in [3.05, 3.63) is 45.9 Å². The Kier molecular flexibility index (Phi) is 3.28. The molecule has 82 valence electrons. The first kappa shape index (κ1) is 11.2. The Morgan fingerprint density at radius 2 is 2.00 bits per heavy atom. The van der Waals surface area contributed by atoms with Crippen LogP contribution in [0.3, 0.4) is 0 Å². The minimum Gasteiger partial charge on any atom is -0.438 e. The second kappa shape index (κ2) is 4.69. The molecule has 0 saturated heterocycles. The first-order valence-electron chi connectivity index (χ1n) is 4.25. The van der Waals surface area contributed by atoms with Crippen molar-refractivity contribution >= 4 is 22.6 Å². The minimum atomic E-state index is -0.957. The molecule has 0 spiro atoms. The van der Waals surface area contributed by atoms with Crippen molar-refractivity contribution in [1.82, 2.24) is 9.97 Å².